The molecule has 1 aromatic heterocycles. The number of hydrazone groups is 1. The van der Waals surface area contributed by atoms with Crippen molar-refractivity contribution >= 4 is 17.7 Å². The monoisotopic (exact) mass is 295 g/mol. The van der Waals surface area contributed by atoms with Crippen molar-refractivity contribution < 1.29 is 19.8 Å². The van der Waals surface area contributed by atoms with E-state index in [4.69, 9.17) is 10.2 Å². The number of amides is 2. The number of carbonyl (C=O) groups is 2. The van der Waals surface area contributed by atoms with E-state index >= 15 is 0 Å². The molecule has 0 bridgehead atoms. The summed E-state index contributed by atoms with van der Waals surface area (Å²) in [5.74, 6) is -0.451. The number of H-pyrrole nitrogens is 1. The zero-order valence-electron chi connectivity index (χ0n) is 11.8. The van der Waals surface area contributed by atoms with Crippen LogP contribution in [0.5, 0.6) is 0 Å². The molecule has 0 unspecified atom stereocenters. The SMILES string of the molecule is C/C(CO)=N\N(C)C(=O)c1n[nH]c2c1CN(C(=O)O)CC2. The number of aromatic nitrogens is 2. The van der Waals surface area contributed by atoms with E-state index in [0.717, 1.165) is 10.7 Å². The van der Waals surface area contributed by atoms with Crippen LogP contribution in [0.15, 0.2) is 5.10 Å². The lowest BCUT2D eigenvalue weighted by molar-refractivity contribution is 0.0788. The number of aromatic amines is 1. The molecule has 3 N–H and O–H groups in total. The summed E-state index contributed by atoms with van der Waals surface area (Å²) in [5, 5.41) is 29.7. The minimum absolute atomic E-state index is 0.124. The van der Waals surface area contributed by atoms with Crippen LogP contribution in [0.4, 0.5) is 4.79 Å². The van der Waals surface area contributed by atoms with Crippen molar-refractivity contribution in [3.8, 4) is 0 Å². The molecule has 114 valence electrons. The number of rotatable bonds is 3. The van der Waals surface area contributed by atoms with Crippen molar-refractivity contribution in [3.05, 3.63) is 17.0 Å². The Kier molecular flexibility index (Phi) is 4.22. The number of hydrogen-bond acceptors (Lipinski definition) is 5. The van der Waals surface area contributed by atoms with Crippen LogP contribution in [0.25, 0.3) is 0 Å². The molecule has 0 spiro atoms. The fraction of sp³-hybridized carbons (Fsp3) is 0.500. The molecule has 1 aliphatic heterocycles. The summed E-state index contributed by atoms with van der Waals surface area (Å²) in [4.78, 5) is 24.6. The maximum absolute atomic E-state index is 12.3. The van der Waals surface area contributed by atoms with Crippen LogP contribution >= 0.6 is 0 Å². The summed E-state index contributed by atoms with van der Waals surface area (Å²) in [5.41, 5.74) is 1.90. The quantitative estimate of drug-likeness (QED) is 0.530. The van der Waals surface area contributed by atoms with Crippen molar-refractivity contribution in [1.29, 1.82) is 0 Å². The fourth-order valence-electron chi connectivity index (χ4n) is 2.12. The molecular weight excluding hydrogens is 278 g/mol. The highest BCUT2D eigenvalue weighted by atomic mass is 16.4. The summed E-state index contributed by atoms with van der Waals surface area (Å²) in [7, 11) is 1.46. The van der Waals surface area contributed by atoms with Crippen molar-refractivity contribution in [3.63, 3.8) is 0 Å². The van der Waals surface area contributed by atoms with Gasteiger partial charge < -0.3 is 15.1 Å². The summed E-state index contributed by atoms with van der Waals surface area (Å²) in [6, 6.07) is 0. The Labute approximate surface area is 120 Å². The largest absolute Gasteiger partial charge is 0.465 e. The van der Waals surface area contributed by atoms with E-state index in [-0.39, 0.29) is 18.8 Å². The second kappa shape index (κ2) is 5.92. The van der Waals surface area contributed by atoms with E-state index in [9.17, 15) is 9.59 Å². The summed E-state index contributed by atoms with van der Waals surface area (Å²) in [6.45, 7) is 1.84. The van der Waals surface area contributed by atoms with Gasteiger partial charge in [0.05, 0.1) is 18.9 Å². The zero-order chi connectivity index (χ0) is 15.6. The molecule has 2 rings (SSSR count). The molecule has 2 amide bonds. The van der Waals surface area contributed by atoms with Gasteiger partial charge in [0.1, 0.15) is 0 Å². The van der Waals surface area contributed by atoms with Crippen LogP contribution in [-0.4, -0.2) is 68.2 Å². The molecule has 9 nitrogen and oxygen atoms in total. The van der Waals surface area contributed by atoms with Crippen LogP contribution < -0.4 is 0 Å². The maximum Gasteiger partial charge on any atom is 0.407 e. The van der Waals surface area contributed by atoms with E-state index < -0.39 is 12.0 Å². The highest BCUT2D eigenvalue weighted by Crippen LogP contribution is 2.21. The van der Waals surface area contributed by atoms with Crippen LogP contribution in [0.3, 0.4) is 0 Å². The molecule has 0 radical (unpaired) electrons. The topological polar surface area (TPSA) is 122 Å². The molecule has 1 aliphatic rings. The van der Waals surface area contributed by atoms with E-state index in [2.05, 4.69) is 15.3 Å². The lowest BCUT2D eigenvalue weighted by Gasteiger charge is -2.24. The smallest absolute Gasteiger partial charge is 0.407 e. The Morgan fingerprint density at radius 1 is 1.52 bits per heavy atom. The van der Waals surface area contributed by atoms with Gasteiger partial charge in [-0.2, -0.15) is 10.2 Å². The van der Waals surface area contributed by atoms with Gasteiger partial charge in [0.25, 0.3) is 5.91 Å². The van der Waals surface area contributed by atoms with Crippen molar-refractivity contribution in [2.45, 2.75) is 19.9 Å². The Hall–Kier alpha value is -2.42. The first-order valence-electron chi connectivity index (χ1n) is 6.41. The average Bonchev–Trinajstić information content (AvgIpc) is 2.88. The lowest BCUT2D eigenvalue weighted by atomic mass is 10.1. The van der Waals surface area contributed by atoms with Crippen LogP contribution in [0.2, 0.25) is 0 Å². The Balaban J connectivity index is 2.24. The summed E-state index contributed by atoms with van der Waals surface area (Å²) in [6.07, 6.45) is -0.535. The first-order valence-corrected chi connectivity index (χ1v) is 6.41. The molecule has 2 heterocycles. The predicted octanol–water partition coefficient (Wildman–Crippen LogP) is -0.114. The molecule has 0 aliphatic carbocycles. The molecular formula is C12H17N5O4. The number of carboxylic acid groups (broad SMARTS) is 1. The molecule has 9 heteroatoms. The second-order valence-corrected chi connectivity index (χ2v) is 4.81. The lowest BCUT2D eigenvalue weighted by Crippen LogP contribution is -2.35. The predicted molar refractivity (Wildman–Crippen MR) is 73.0 cm³/mol. The summed E-state index contributed by atoms with van der Waals surface area (Å²) >= 11 is 0. The number of aliphatic hydroxyl groups is 1. The van der Waals surface area contributed by atoms with Gasteiger partial charge in [-0.25, -0.2) is 9.80 Å². The van der Waals surface area contributed by atoms with Crippen molar-refractivity contribution in [2.75, 3.05) is 20.2 Å². The van der Waals surface area contributed by atoms with E-state index in [1.54, 1.807) is 6.92 Å². The maximum atomic E-state index is 12.3. The number of hydrogen-bond donors (Lipinski definition) is 3. The number of fused-ring (bicyclic) bond motifs is 1. The molecule has 0 atom stereocenters. The first kappa shape index (κ1) is 15.0. The minimum Gasteiger partial charge on any atom is -0.465 e. The van der Waals surface area contributed by atoms with Crippen LogP contribution in [0.1, 0.15) is 28.7 Å². The third-order valence-corrected chi connectivity index (χ3v) is 3.25. The van der Waals surface area contributed by atoms with Crippen LogP contribution in [0, 0.1) is 0 Å². The molecule has 0 aromatic carbocycles. The third kappa shape index (κ3) is 3.02. The van der Waals surface area contributed by atoms with E-state index in [1.165, 1.54) is 11.9 Å². The van der Waals surface area contributed by atoms with E-state index in [1.807, 2.05) is 0 Å². The summed E-state index contributed by atoms with van der Waals surface area (Å²) < 4.78 is 0. The van der Waals surface area contributed by atoms with Gasteiger partial charge in [0, 0.05) is 31.3 Å². The van der Waals surface area contributed by atoms with Gasteiger partial charge >= 0.3 is 6.09 Å². The number of carbonyl (C=O) groups excluding carboxylic acids is 1. The number of nitrogens with zero attached hydrogens (tertiary/aromatic N) is 4. The van der Waals surface area contributed by atoms with Gasteiger partial charge in [-0.15, -0.1) is 0 Å². The minimum atomic E-state index is -1.03. The molecule has 0 saturated carbocycles. The number of aliphatic hydroxyl groups excluding tert-OH is 1. The van der Waals surface area contributed by atoms with Gasteiger partial charge in [-0.3, -0.25) is 9.89 Å². The normalized spacial score (nSPS) is 14.8. The zero-order valence-corrected chi connectivity index (χ0v) is 11.8. The Morgan fingerprint density at radius 3 is 2.86 bits per heavy atom. The molecule has 0 saturated heterocycles. The van der Waals surface area contributed by atoms with E-state index in [0.29, 0.717) is 24.2 Å². The average molecular weight is 295 g/mol. The highest BCUT2D eigenvalue weighted by molar-refractivity contribution is 5.95. The standard InChI is InChI=1S/C12H17N5O4/c1-7(6-18)15-16(2)11(19)10-8-5-17(12(20)21)4-3-9(8)13-14-10/h18H,3-6H2,1-2H3,(H,13,14)(H,20,21)/b15-7+. The van der Waals surface area contributed by atoms with Gasteiger partial charge in [-0.1, -0.05) is 0 Å². The van der Waals surface area contributed by atoms with Gasteiger partial charge in [0.15, 0.2) is 5.69 Å². The highest BCUT2D eigenvalue weighted by Gasteiger charge is 2.28. The van der Waals surface area contributed by atoms with Gasteiger partial charge in [-0.05, 0) is 6.92 Å². The molecule has 0 fully saturated rings. The van der Waals surface area contributed by atoms with Crippen molar-refractivity contribution in [2.24, 2.45) is 5.10 Å². The Bertz CT molecular complexity index is 594. The van der Waals surface area contributed by atoms with Gasteiger partial charge in [0.2, 0.25) is 0 Å². The molecule has 21 heavy (non-hydrogen) atoms. The van der Waals surface area contributed by atoms with Crippen molar-refractivity contribution in [1.82, 2.24) is 20.1 Å². The fourth-order valence-corrected chi connectivity index (χ4v) is 2.12. The third-order valence-electron chi connectivity index (χ3n) is 3.25. The Morgan fingerprint density at radius 2 is 2.24 bits per heavy atom. The first-order chi connectivity index (χ1) is 9.93. The second-order valence-electron chi connectivity index (χ2n) is 4.81. The number of nitrogens with one attached hydrogen (secondary N) is 1. The van der Waals surface area contributed by atoms with Crippen LogP contribution in [-0.2, 0) is 13.0 Å². The molecule has 1 aromatic rings.